The second-order valence-corrected chi connectivity index (χ2v) is 5.36. The number of halogens is 2. The van der Waals surface area contributed by atoms with Crippen LogP contribution in [0.25, 0.3) is 0 Å². The lowest BCUT2D eigenvalue weighted by Gasteiger charge is -2.27. The van der Waals surface area contributed by atoms with Crippen LogP contribution in [0.15, 0.2) is 18.2 Å². The molecule has 0 heterocycles. The zero-order valence-electron chi connectivity index (χ0n) is 10.7. The Morgan fingerprint density at radius 1 is 1.39 bits per heavy atom. The summed E-state index contributed by atoms with van der Waals surface area (Å²) in [7, 11) is 1.88. The molecular weight excluding hydrogens is 273 g/mol. The molecule has 0 aliphatic carbocycles. The van der Waals surface area contributed by atoms with Crippen LogP contribution in [-0.4, -0.2) is 29.6 Å². The predicted octanol–water partition coefficient (Wildman–Crippen LogP) is 3.71. The van der Waals surface area contributed by atoms with Crippen LogP contribution in [0.5, 0.6) is 0 Å². The lowest BCUT2D eigenvalue weighted by atomic mass is 10.1. The third-order valence-corrected chi connectivity index (χ3v) is 3.63. The van der Waals surface area contributed by atoms with Gasteiger partial charge in [0.25, 0.3) is 0 Å². The van der Waals surface area contributed by atoms with Gasteiger partial charge < -0.3 is 5.11 Å². The number of aliphatic carboxylic acids is 1. The van der Waals surface area contributed by atoms with Crippen molar-refractivity contribution < 1.29 is 9.90 Å². The maximum Gasteiger partial charge on any atom is 0.307 e. The summed E-state index contributed by atoms with van der Waals surface area (Å²) in [5.41, 5.74) is 0.907. The highest BCUT2D eigenvalue weighted by molar-refractivity contribution is 6.33. The first-order chi connectivity index (χ1) is 8.32. The molecular formula is C13H17Cl2NO2. The van der Waals surface area contributed by atoms with Crippen molar-refractivity contribution in [3.63, 3.8) is 0 Å². The molecule has 0 aromatic heterocycles. The average Bonchev–Trinajstić information content (AvgIpc) is 2.31. The van der Waals surface area contributed by atoms with Crippen molar-refractivity contribution in [2.45, 2.75) is 19.9 Å². The molecule has 0 bridgehead atoms. The molecule has 5 heteroatoms. The van der Waals surface area contributed by atoms with E-state index in [4.69, 9.17) is 28.3 Å². The molecule has 100 valence electrons. The zero-order chi connectivity index (χ0) is 13.9. The molecule has 0 saturated carbocycles. The van der Waals surface area contributed by atoms with E-state index in [-0.39, 0.29) is 6.04 Å². The van der Waals surface area contributed by atoms with Crippen LogP contribution in [0.1, 0.15) is 25.5 Å². The van der Waals surface area contributed by atoms with Gasteiger partial charge in [0.1, 0.15) is 0 Å². The number of rotatable bonds is 5. The third kappa shape index (κ3) is 3.87. The number of carbonyl (C=O) groups is 1. The van der Waals surface area contributed by atoms with Gasteiger partial charge in [-0.05, 0) is 37.7 Å². The lowest BCUT2D eigenvalue weighted by Crippen LogP contribution is -2.30. The van der Waals surface area contributed by atoms with Gasteiger partial charge in [-0.2, -0.15) is 0 Å². The van der Waals surface area contributed by atoms with Crippen LogP contribution in [0, 0.1) is 5.92 Å². The first-order valence-electron chi connectivity index (χ1n) is 5.71. The molecule has 3 nitrogen and oxygen atoms in total. The summed E-state index contributed by atoms with van der Waals surface area (Å²) in [6, 6.07) is 5.32. The van der Waals surface area contributed by atoms with Crippen molar-refractivity contribution in [1.29, 1.82) is 0 Å². The topological polar surface area (TPSA) is 40.5 Å². The van der Waals surface area contributed by atoms with E-state index in [9.17, 15) is 4.79 Å². The van der Waals surface area contributed by atoms with Crippen molar-refractivity contribution in [3.8, 4) is 0 Å². The van der Waals surface area contributed by atoms with Crippen LogP contribution in [0.3, 0.4) is 0 Å². The molecule has 1 aromatic rings. The van der Waals surface area contributed by atoms with E-state index in [1.54, 1.807) is 19.1 Å². The third-order valence-electron chi connectivity index (χ3n) is 3.05. The Labute approximate surface area is 117 Å². The second-order valence-electron chi connectivity index (χ2n) is 4.52. The Hall–Kier alpha value is -0.770. The molecule has 2 unspecified atom stereocenters. The fraction of sp³-hybridized carbons (Fsp3) is 0.462. The first-order valence-corrected chi connectivity index (χ1v) is 6.46. The van der Waals surface area contributed by atoms with Crippen molar-refractivity contribution in [2.24, 2.45) is 5.92 Å². The second kappa shape index (κ2) is 6.41. The van der Waals surface area contributed by atoms with Crippen LogP contribution in [0.2, 0.25) is 10.0 Å². The smallest absolute Gasteiger partial charge is 0.307 e. The van der Waals surface area contributed by atoms with Gasteiger partial charge in [-0.15, -0.1) is 0 Å². The van der Waals surface area contributed by atoms with Crippen LogP contribution in [0.4, 0.5) is 0 Å². The maximum absolute atomic E-state index is 10.8. The highest BCUT2D eigenvalue weighted by Gasteiger charge is 2.20. The zero-order valence-corrected chi connectivity index (χ0v) is 12.2. The molecule has 1 rings (SSSR count). The molecule has 0 aliphatic heterocycles. The fourth-order valence-electron chi connectivity index (χ4n) is 1.74. The molecule has 2 atom stereocenters. The van der Waals surface area contributed by atoms with Gasteiger partial charge in [0.2, 0.25) is 0 Å². The SMILES string of the molecule is CC(CN(C)C(C)c1cc(Cl)ccc1Cl)C(=O)O. The minimum absolute atomic E-state index is 0.0120. The lowest BCUT2D eigenvalue weighted by molar-refractivity contribution is -0.141. The Bertz CT molecular complexity index is 437. The number of carboxylic acids is 1. The standard InChI is InChI=1S/C13H17Cl2NO2/c1-8(13(17)18)7-16(3)9(2)11-6-10(14)4-5-12(11)15/h4-6,8-9H,7H2,1-3H3,(H,17,18). The van der Waals surface area contributed by atoms with Gasteiger partial charge in [0.15, 0.2) is 0 Å². The Balaban J connectivity index is 2.82. The van der Waals surface area contributed by atoms with Gasteiger partial charge in [-0.1, -0.05) is 30.1 Å². The van der Waals surface area contributed by atoms with E-state index in [0.29, 0.717) is 16.6 Å². The maximum atomic E-state index is 10.8. The summed E-state index contributed by atoms with van der Waals surface area (Å²) in [5.74, 6) is -1.22. The number of carboxylic acid groups (broad SMARTS) is 1. The van der Waals surface area contributed by atoms with Crippen LogP contribution < -0.4 is 0 Å². The van der Waals surface area contributed by atoms with E-state index in [0.717, 1.165) is 5.56 Å². The van der Waals surface area contributed by atoms with E-state index in [1.165, 1.54) is 0 Å². The minimum Gasteiger partial charge on any atom is -0.481 e. The highest BCUT2D eigenvalue weighted by atomic mass is 35.5. The summed E-state index contributed by atoms with van der Waals surface area (Å²) >= 11 is 12.1. The summed E-state index contributed by atoms with van der Waals surface area (Å²) in [5, 5.41) is 10.2. The summed E-state index contributed by atoms with van der Waals surface area (Å²) in [6.07, 6.45) is 0. The molecule has 1 aromatic carbocycles. The van der Waals surface area contributed by atoms with Gasteiger partial charge >= 0.3 is 5.97 Å². The van der Waals surface area contributed by atoms with Gasteiger partial charge in [0.05, 0.1) is 5.92 Å². The normalized spacial score (nSPS) is 14.6. The molecule has 0 aliphatic rings. The average molecular weight is 290 g/mol. The minimum atomic E-state index is -0.800. The molecule has 0 radical (unpaired) electrons. The van der Waals surface area contributed by atoms with E-state index >= 15 is 0 Å². The van der Waals surface area contributed by atoms with E-state index in [2.05, 4.69) is 0 Å². The number of nitrogens with zero attached hydrogens (tertiary/aromatic N) is 1. The predicted molar refractivity (Wildman–Crippen MR) is 74.3 cm³/mol. The van der Waals surface area contributed by atoms with Crippen LogP contribution >= 0.6 is 23.2 Å². The summed E-state index contributed by atoms with van der Waals surface area (Å²) in [6.45, 7) is 4.12. The van der Waals surface area contributed by atoms with Crippen molar-refractivity contribution in [3.05, 3.63) is 33.8 Å². The monoisotopic (exact) mass is 289 g/mol. The van der Waals surface area contributed by atoms with Crippen molar-refractivity contribution >= 4 is 29.2 Å². The van der Waals surface area contributed by atoms with Crippen molar-refractivity contribution in [1.82, 2.24) is 4.90 Å². The van der Waals surface area contributed by atoms with E-state index < -0.39 is 11.9 Å². The molecule has 1 N–H and O–H groups in total. The Kier molecular flexibility index (Phi) is 5.45. The fourth-order valence-corrected chi connectivity index (χ4v) is 2.20. The first kappa shape index (κ1) is 15.3. The molecule has 18 heavy (non-hydrogen) atoms. The molecule has 0 spiro atoms. The largest absolute Gasteiger partial charge is 0.481 e. The van der Waals surface area contributed by atoms with Gasteiger partial charge in [-0.3, -0.25) is 9.69 Å². The summed E-state index contributed by atoms with van der Waals surface area (Å²) in [4.78, 5) is 12.8. The molecule has 0 saturated heterocycles. The molecule has 0 fully saturated rings. The number of hydrogen-bond donors (Lipinski definition) is 1. The van der Waals surface area contributed by atoms with Crippen LogP contribution in [-0.2, 0) is 4.79 Å². The van der Waals surface area contributed by atoms with Crippen molar-refractivity contribution in [2.75, 3.05) is 13.6 Å². The highest BCUT2D eigenvalue weighted by Crippen LogP contribution is 2.29. The van der Waals surface area contributed by atoms with Gasteiger partial charge in [-0.25, -0.2) is 0 Å². The van der Waals surface area contributed by atoms with E-state index in [1.807, 2.05) is 24.9 Å². The number of benzene rings is 1. The summed E-state index contributed by atoms with van der Waals surface area (Å²) < 4.78 is 0. The quantitative estimate of drug-likeness (QED) is 0.898. The number of hydrogen-bond acceptors (Lipinski definition) is 2. The Morgan fingerprint density at radius 2 is 2.00 bits per heavy atom. The van der Waals surface area contributed by atoms with Gasteiger partial charge in [0, 0.05) is 22.6 Å². The molecule has 0 amide bonds. The Morgan fingerprint density at radius 3 is 2.56 bits per heavy atom.